The SMILES string of the molecule is CC(=O)/C=C(/C)O.[Ir].c1ccc(-c2ccccn2)cc1.c1ccc(-c2ccccn2)cc1. The maximum atomic E-state index is 10.0. The van der Waals surface area contributed by atoms with Gasteiger partial charge in [0.1, 0.15) is 0 Å². The predicted molar refractivity (Wildman–Crippen MR) is 126 cm³/mol. The van der Waals surface area contributed by atoms with Gasteiger partial charge in [0.2, 0.25) is 0 Å². The van der Waals surface area contributed by atoms with Crippen LogP contribution in [-0.2, 0) is 24.9 Å². The van der Waals surface area contributed by atoms with Crippen molar-refractivity contribution >= 4 is 5.78 Å². The fraction of sp³-hybridized carbons (Fsp3) is 0.0741. The molecular formula is C27H26IrN2O2. The summed E-state index contributed by atoms with van der Waals surface area (Å²) in [7, 11) is 0. The van der Waals surface area contributed by atoms with E-state index in [1.165, 1.54) is 19.9 Å². The third-order valence-electron chi connectivity index (χ3n) is 3.88. The van der Waals surface area contributed by atoms with Gasteiger partial charge in [0.05, 0.1) is 17.1 Å². The molecule has 0 aliphatic heterocycles. The van der Waals surface area contributed by atoms with Crippen molar-refractivity contribution in [2.45, 2.75) is 13.8 Å². The first-order valence-electron chi connectivity index (χ1n) is 9.87. The Morgan fingerprint density at radius 2 is 1.03 bits per heavy atom. The number of carbonyl (C=O) groups is 1. The number of hydrogen-bond donors (Lipinski definition) is 1. The number of aliphatic hydroxyl groups is 1. The van der Waals surface area contributed by atoms with Gasteiger partial charge in [-0.25, -0.2) is 0 Å². The number of benzene rings is 2. The maximum absolute atomic E-state index is 10.0. The summed E-state index contributed by atoms with van der Waals surface area (Å²) in [5.74, 6) is -0.0625. The zero-order valence-electron chi connectivity index (χ0n) is 18.1. The van der Waals surface area contributed by atoms with E-state index in [0.717, 1.165) is 22.5 Å². The number of aromatic nitrogens is 2. The Balaban J connectivity index is 0.000000246. The molecule has 0 aliphatic rings. The standard InChI is InChI=1S/2C11H9N.C5H8O2.Ir/c2*1-2-6-10(7-3-1)11-8-4-5-9-12-11;1-4(6)3-5(2)7;/h2*1-9H;3,6H,1-2H3;/b;;4-3-;. The monoisotopic (exact) mass is 603 g/mol. The van der Waals surface area contributed by atoms with Gasteiger partial charge in [-0.05, 0) is 38.1 Å². The molecule has 0 fully saturated rings. The number of ketones is 1. The molecule has 2 aromatic heterocycles. The summed E-state index contributed by atoms with van der Waals surface area (Å²) in [4.78, 5) is 18.5. The summed E-state index contributed by atoms with van der Waals surface area (Å²) in [6.45, 7) is 2.85. The summed E-state index contributed by atoms with van der Waals surface area (Å²) in [5.41, 5.74) is 4.38. The molecule has 0 amide bonds. The Bertz CT molecular complexity index is 902. The first kappa shape index (κ1) is 26.6. The van der Waals surface area contributed by atoms with Crippen molar-refractivity contribution in [3.05, 3.63) is 121 Å². The Labute approximate surface area is 203 Å². The average Bonchev–Trinajstić information content (AvgIpc) is 2.81. The largest absolute Gasteiger partial charge is 0.512 e. The Hall–Kier alpha value is -3.40. The van der Waals surface area contributed by atoms with Crippen molar-refractivity contribution < 1.29 is 30.0 Å². The fourth-order valence-corrected chi connectivity index (χ4v) is 2.58. The minimum absolute atomic E-state index is 0. The van der Waals surface area contributed by atoms with Crippen molar-refractivity contribution in [2.24, 2.45) is 0 Å². The molecule has 32 heavy (non-hydrogen) atoms. The molecule has 4 nitrogen and oxygen atoms in total. The van der Waals surface area contributed by atoms with E-state index in [0.29, 0.717) is 0 Å². The number of nitrogens with zero attached hydrogens (tertiary/aromatic N) is 2. The summed E-state index contributed by atoms with van der Waals surface area (Å²) < 4.78 is 0. The Morgan fingerprint density at radius 3 is 1.28 bits per heavy atom. The molecule has 165 valence electrons. The van der Waals surface area contributed by atoms with Gasteiger partial charge >= 0.3 is 0 Å². The molecule has 0 atom stereocenters. The molecular weight excluding hydrogens is 577 g/mol. The number of carbonyl (C=O) groups excluding carboxylic acids is 1. The van der Waals surface area contributed by atoms with Gasteiger partial charge < -0.3 is 5.11 Å². The Morgan fingerprint density at radius 1 is 0.656 bits per heavy atom. The number of allylic oxidation sites excluding steroid dienone is 2. The van der Waals surface area contributed by atoms with Crippen LogP contribution in [0.15, 0.2) is 121 Å². The topological polar surface area (TPSA) is 63.1 Å². The van der Waals surface area contributed by atoms with Crippen LogP contribution in [-0.4, -0.2) is 20.9 Å². The average molecular weight is 603 g/mol. The minimum atomic E-state index is -0.125. The second-order valence-corrected chi connectivity index (χ2v) is 6.56. The van der Waals surface area contributed by atoms with E-state index in [1.807, 2.05) is 85.2 Å². The number of hydrogen-bond acceptors (Lipinski definition) is 4. The first-order chi connectivity index (χ1) is 15.1. The number of rotatable bonds is 3. The first-order valence-corrected chi connectivity index (χ1v) is 9.87. The van der Waals surface area contributed by atoms with E-state index in [-0.39, 0.29) is 31.6 Å². The van der Waals surface area contributed by atoms with Crippen LogP contribution in [0.4, 0.5) is 0 Å². The van der Waals surface area contributed by atoms with E-state index in [4.69, 9.17) is 5.11 Å². The summed E-state index contributed by atoms with van der Waals surface area (Å²) >= 11 is 0. The molecule has 0 unspecified atom stereocenters. The molecule has 2 aromatic carbocycles. The van der Waals surface area contributed by atoms with Gasteiger partial charge in [-0.2, -0.15) is 0 Å². The molecule has 4 aromatic rings. The molecule has 1 N–H and O–H groups in total. The summed E-state index contributed by atoms with van der Waals surface area (Å²) in [6.07, 6.45) is 4.78. The van der Waals surface area contributed by atoms with Crippen LogP contribution in [0, 0.1) is 0 Å². The molecule has 0 bridgehead atoms. The van der Waals surface area contributed by atoms with Crippen molar-refractivity contribution in [3.63, 3.8) is 0 Å². The van der Waals surface area contributed by atoms with Crippen LogP contribution in [0.2, 0.25) is 0 Å². The quantitative estimate of drug-likeness (QED) is 0.214. The zero-order chi connectivity index (χ0) is 22.3. The summed E-state index contributed by atoms with van der Waals surface area (Å²) in [6, 6.07) is 32.2. The van der Waals surface area contributed by atoms with Crippen LogP contribution in [0.5, 0.6) is 0 Å². The van der Waals surface area contributed by atoms with E-state index in [1.54, 1.807) is 0 Å². The fourth-order valence-electron chi connectivity index (χ4n) is 2.58. The molecule has 0 spiro atoms. The van der Waals surface area contributed by atoms with Gasteiger partial charge in [0, 0.05) is 49.7 Å². The van der Waals surface area contributed by atoms with Gasteiger partial charge in [-0.1, -0.05) is 72.8 Å². The molecule has 0 saturated carbocycles. The maximum Gasteiger partial charge on any atom is 0.155 e. The van der Waals surface area contributed by atoms with Crippen LogP contribution in [0.3, 0.4) is 0 Å². The van der Waals surface area contributed by atoms with Crippen LogP contribution >= 0.6 is 0 Å². The van der Waals surface area contributed by atoms with Crippen molar-refractivity contribution in [3.8, 4) is 22.5 Å². The number of pyridine rings is 2. The normalized spacial score (nSPS) is 9.75. The van der Waals surface area contributed by atoms with E-state index in [2.05, 4.69) is 34.2 Å². The molecule has 5 heteroatoms. The van der Waals surface area contributed by atoms with E-state index in [9.17, 15) is 4.79 Å². The molecule has 1 radical (unpaired) electrons. The van der Waals surface area contributed by atoms with Crippen LogP contribution < -0.4 is 0 Å². The molecule has 2 heterocycles. The van der Waals surface area contributed by atoms with Crippen molar-refractivity contribution in [1.82, 2.24) is 9.97 Å². The van der Waals surface area contributed by atoms with E-state index >= 15 is 0 Å². The minimum Gasteiger partial charge on any atom is -0.512 e. The third-order valence-corrected chi connectivity index (χ3v) is 3.88. The zero-order valence-corrected chi connectivity index (χ0v) is 20.4. The van der Waals surface area contributed by atoms with Crippen molar-refractivity contribution in [1.29, 1.82) is 0 Å². The van der Waals surface area contributed by atoms with Crippen LogP contribution in [0.25, 0.3) is 22.5 Å². The van der Waals surface area contributed by atoms with Gasteiger partial charge in [-0.3, -0.25) is 14.8 Å². The van der Waals surface area contributed by atoms with E-state index < -0.39 is 0 Å². The van der Waals surface area contributed by atoms with Gasteiger partial charge in [0.15, 0.2) is 5.78 Å². The summed E-state index contributed by atoms with van der Waals surface area (Å²) in [5, 5.41) is 8.36. The smallest absolute Gasteiger partial charge is 0.155 e. The second-order valence-electron chi connectivity index (χ2n) is 6.56. The van der Waals surface area contributed by atoms with Gasteiger partial charge in [0.25, 0.3) is 0 Å². The van der Waals surface area contributed by atoms with Gasteiger partial charge in [-0.15, -0.1) is 0 Å². The molecule has 0 saturated heterocycles. The van der Waals surface area contributed by atoms with Crippen molar-refractivity contribution in [2.75, 3.05) is 0 Å². The molecule has 4 rings (SSSR count). The van der Waals surface area contributed by atoms with Crippen LogP contribution in [0.1, 0.15) is 13.8 Å². The Kier molecular flexibility index (Phi) is 12.8. The number of aliphatic hydroxyl groups excluding tert-OH is 1. The second kappa shape index (κ2) is 15.4. The molecule has 0 aliphatic carbocycles. The predicted octanol–water partition coefficient (Wildman–Crippen LogP) is 6.53. The third kappa shape index (κ3) is 10.6.